The predicted octanol–water partition coefficient (Wildman–Crippen LogP) is 3.19. The number of benzene rings is 1. The summed E-state index contributed by atoms with van der Waals surface area (Å²) in [6.07, 6.45) is 5.64. The Hall–Kier alpha value is -2.75. The van der Waals surface area contributed by atoms with Crippen LogP contribution in [0.3, 0.4) is 0 Å². The van der Waals surface area contributed by atoms with Crippen molar-refractivity contribution in [3.8, 4) is 11.1 Å². The molecule has 0 bridgehead atoms. The van der Waals surface area contributed by atoms with E-state index in [4.69, 9.17) is 4.42 Å². The van der Waals surface area contributed by atoms with Crippen LogP contribution >= 0.6 is 0 Å². The fourth-order valence-electron chi connectivity index (χ4n) is 4.61. The number of hydrogen-bond donors (Lipinski definition) is 3. The van der Waals surface area contributed by atoms with Crippen molar-refractivity contribution in [2.45, 2.75) is 45.1 Å². The first-order valence-corrected chi connectivity index (χ1v) is 13.3. The molecular weight excluding hydrogens is 454 g/mol. The second-order valence-electron chi connectivity index (χ2n) is 10.1. The number of carbonyl (C=O) groups is 1. The van der Waals surface area contributed by atoms with Crippen molar-refractivity contribution >= 4 is 26.8 Å². The van der Waals surface area contributed by atoms with E-state index in [-0.39, 0.29) is 22.7 Å². The van der Waals surface area contributed by atoms with Gasteiger partial charge in [0.2, 0.25) is 10.0 Å². The third kappa shape index (κ3) is 5.01. The lowest BCUT2D eigenvalue weighted by atomic mass is 9.83. The maximum atomic E-state index is 13.8. The molecule has 182 valence electrons. The molecule has 2 unspecified atom stereocenters. The minimum Gasteiger partial charge on any atom is -0.463 e. The van der Waals surface area contributed by atoms with E-state index in [9.17, 15) is 18.0 Å². The van der Waals surface area contributed by atoms with Crippen LogP contribution in [0.5, 0.6) is 0 Å². The molecule has 3 aromatic rings. The van der Waals surface area contributed by atoms with E-state index in [1.54, 1.807) is 24.4 Å². The van der Waals surface area contributed by atoms with Crippen LogP contribution in [0.4, 0.5) is 0 Å². The van der Waals surface area contributed by atoms with E-state index >= 15 is 0 Å². The highest BCUT2D eigenvalue weighted by Gasteiger charge is 2.35. The lowest BCUT2D eigenvalue weighted by molar-refractivity contribution is 0.0910. The molecule has 2 aromatic heterocycles. The summed E-state index contributed by atoms with van der Waals surface area (Å²) in [5.74, 6) is -0.514. The Balaban J connectivity index is 1.89. The summed E-state index contributed by atoms with van der Waals surface area (Å²) in [4.78, 5) is 29.0. The number of sulfonamides is 1. The highest BCUT2D eigenvalue weighted by atomic mass is 32.2. The number of H-pyrrole nitrogens is 1. The van der Waals surface area contributed by atoms with Crippen LogP contribution in [0.15, 0.2) is 45.9 Å². The Morgan fingerprint density at radius 2 is 2.03 bits per heavy atom. The molecule has 1 saturated heterocycles. The summed E-state index contributed by atoms with van der Waals surface area (Å²) in [5, 5.41) is 3.82. The number of nitrogens with one attached hydrogen (secondary N) is 3. The molecule has 3 heterocycles. The van der Waals surface area contributed by atoms with Crippen molar-refractivity contribution in [1.29, 1.82) is 0 Å². The maximum Gasteiger partial charge on any atom is 0.255 e. The Morgan fingerprint density at radius 1 is 1.26 bits per heavy atom. The molecule has 2 atom stereocenters. The Morgan fingerprint density at radius 3 is 2.65 bits per heavy atom. The lowest BCUT2D eigenvalue weighted by Gasteiger charge is -2.29. The summed E-state index contributed by atoms with van der Waals surface area (Å²) in [5.41, 5.74) is 2.31. The van der Waals surface area contributed by atoms with Gasteiger partial charge in [-0.25, -0.2) is 13.1 Å². The van der Waals surface area contributed by atoms with Gasteiger partial charge >= 0.3 is 0 Å². The van der Waals surface area contributed by atoms with Gasteiger partial charge in [0.1, 0.15) is 11.8 Å². The Bertz CT molecular complexity index is 1380. The van der Waals surface area contributed by atoms with Crippen molar-refractivity contribution in [2.75, 3.05) is 19.3 Å². The van der Waals surface area contributed by atoms with Crippen LogP contribution in [-0.4, -0.2) is 44.6 Å². The molecule has 0 radical (unpaired) electrons. The maximum absolute atomic E-state index is 13.8. The van der Waals surface area contributed by atoms with E-state index < -0.39 is 16.1 Å². The molecule has 1 fully saturated rings. The molecule has 1 aliphatic rings. The van der Waals surface area contributed by atoms with Crippen LogP contribution in [0, 0.1) is 5.92 Å². The van der Waals surface area contributed by atoms with Crippen molar-refractivity contribution in [3.63, 3.8) is 0 Å². The van der Waals surface area contributed by atoms with Gasteiger partial charge in [-0.1, -0.05) is 20.8 Å². The molecular formula is C25H31N3O5S. The molecule has 0 saturated carbocycles. The predicted molar refractivity (Wildman–Crippen MR) is 133 cm³/mol. The Labute approximate surface area is 199 Å². The number of Topliss-reactive ketones (excluding diaryl/α,β-unsaturated/α-hetero) is 1. The quantitative estimate of drug-likeness (QED) is 0.461. The largest absolute Gasteiger partial charge is 0.463 e. The first-order chi connectivity index (χ1) is 16.0. The molecule has 3 N–H and O–H groups in total. The molecule has 34 heavy (non-hydrogen) atoms. The van der Waals surface area contributed by atoms with Gasteiger partial charge in [0, 0.05) is 22.7 Å². The van der Waals surface area contributed by atoms with Gasteiger partial charge in [0.15, 0.2) is 5.78 Å². The van der Waals surface area contributed by atoms with Gasteiger partial charge in [-0.3, -0.25) is 9.59 Å². The van der Waals surface area contributed by atoms with Gasteiger partial charge in [0.25, 0.3) is 5.56 Å². The van der Waals surface area contributed by atoms with E-state index in [0.717, 1.165) is 31.2 Å². The number of aromatic nitrogens is 1. The number of fused-ring (bicyclic) bond motifs is 1. The van der Waals surface area contributed by atoms with Gasteiger partial charge < -0.3 is 14.7 Å². The zero-order valence-electron chi connectivity index (χ0n) is 19.9. The number of ketones is 1. The molecule has 9 heteroatoms. The summed E-state index contributed by atoms with van der Waals surface area (Å²) in [6.45, 7) is 7.49. The fraction of sp³-hybridized carbons (Fsp3) is 0.440. The molecule has 4 rings (SSSR count). The van der Waals surface area contributed by atoms with Crippen molar-refractivity contribution in [3.05, 3.63) is 58.2 Å². The number of rotatable bonds is 6. The number of aromatic amines is 1. The normalized spacial score (nSPS) is 18.2. The van der Waals surface area contributed by atoms with Gasteiger partial charge in [0.05, 0.1) is 17.9 Å². The zero-order valence-corrected chi connectivity index (χ0v) is 20.7. The molecule has 0 aliphatic carbocycles. The van der Waals surface area contributed by atoms with Crippen LogP contribution in [0.2, 0.25) is 0 Å². The standard InChI is InChI=1S/C25H31N3O5S/c1-25(2,3)20-12-16(17-8-6-10-27-24(17)30)11-18-19(14-33-23(18)20)22(29)21(28-34(4,31)32)15-7-5-9-26-13-15/h6,8,10-12,14-15,21,26,28H,5,7,9,13H2,1-4H3,(H,27,30). The number of furan rings is 1. The number of hydrogen-bond acceptors (Lipinski definition) is 6. The smallest absolute Gasteiger partial charge is 0.255 e. The lowest BCUT2D eigenvalue weighted by Crippen LogP contribution is -2.50. The van der Waals surface area contributed by atoms with Crippen molar-refractivity contribution in [1.82, 2.24) is 15.0 Å². The zero-order chi connectivity index (χ0) is 24.7. The number of pyridine rings is 1. The first-order valence-electron chi connectivity index (χ1n) is 11.4. The summed E-state index contributed by atoms with van der Waals surface area (Å²) in [7, 11) is -3.62. The third-order valence-electron chi connectivity index (χ3n) is 6.31. The van der Waals surface area contributed by atoms with Crippen LogP contribution < -0.4 is 15.6 Å². The van der Waals surface area contributed by atoms with E-state index in [2.05, 4.69) is 15.0 Å². The van der Waals surface area contributed by atoms with Gasteiger partial charge in [-0.05, 0) is 67.1 Å². The number of carbonyl (C=O) groups excluding carboxylic acids is 1. The Kier molecular flexibility index (Phi) is 6.54. The second kappa shape index (κ2) is 9.13. The SMILES string of the molecule is CC(C)(C)c1cc(-c2ccc[nH]c2=O)cc2c(C(=O)C(NS(C)(=O)=O)C3CCCNC3)coc12. The summed E-state index contributed by atoms with van der Waals surface area (Å²) >= 11 is 0. The van der Waals surface area contributed by atoms with Gasteiger partial charge in [-0.15, -0.1) is 0 Å². The highest BCUT2D eigenvalue weighted by molar-refractivity contribution is 7.88. The van der Waals surface area contributed by atoms with Crippen LogP contribution in [0.25, 0.3) is 22.1 Å². The van der Waals surface area contributed by atoms with Gasteiger partial charge in [-0.2, -0.15) is 0 Å². The molecule has 0 spiro atoms. The minimum absolute atomic E-state index is 0.178. The van der Waals surface area contributed by atoms with E-state index in [1.165, 1.54) is 6.26 Å². The number of piperidine rings is 1. The molecule has 1 aliphatic heterocycles. The van der Waals surface area contributed by atoms with E-state index in [1.807, 2.05) is 26.8 Å². The molecule has 8 nitrogen and oxygen atoms in total. The highest BCUT2D eigenvalue weighted by Crippen LogP contribution is 2.37. The third-order valence-corrected chi connectivity index (χ3v) is 6.99. The van der Waals surface area contributed by atoms with Crippen LogP contribution in [0.1, 0.15) is 49.5 Å². The second-order valence-corrected chi connectivity index (χ2v) is 11.8. The first kappa shape index (κ1) is 24.4. The molecule has 1 aromatic carbocycles. The monoisotopic (exact) mass is 485 g/mol. The molecule has 0 amide bonds. The average Bonchev–Trinajstić information content (AvgIpc) is 3.20. The van der Waals surface area contributed by atoms with Crippen molar-refractivity contribution in [2.24, 2.45) is 5.92 Å². The van der Waals surface area contributed by atoms with E-state index in [0.29, 0.717) is 34.2 Å². The van der Waals surface area contributed by atoms with Crippen LogP contribution in [-0.2, 0) is 15.4 Å². The summed E-state index contributed by atoms with van der Waals surface area (Å²) in [6, 6.07) is 6.27. The summed E-state index contributed by atoms with van der Waals surface area (Å²) < 4.78 is 32.8. The topological polar surface area (TPSA) is 121 Å². The fourth-order valence-corrected chi connectivity index (χ4v) is 5.38. The minimum atomic E-state index is -3.62. The average molecular weight is 486 g/mol. The van der Waals surface area contributed by atoms with Crippen molar-refractivity contribution < 1.29 is 17.6 Å².